The highest BCUT2D eigenvalue weighted by atomic mass is 19.3. The van der Waals surface area contributed by atoms with Gasteiger partial charge in [0.25, 0.3) is 5.91 Å². The molecule has 0 atom stereocenters. The van der Waals surface area contributed by atoms with E-state index in [4.69, 9.17) is 9.47 Å². The van der Waals surface area contributed by atoms with Crippen molar-refractivity contribution in [3.05, 3.63) is 23.8 Å². The molecule has 140 valence electrons. The van der Waals surface area contributed by atoms with Gasteiger partial charge in [-0.1, -0.05) is 0 Å². The molecule has 0 aliphatic heterocycles. The maximum atomic E-state index is 12.3. The second-order valence-corrected chi connectivity index (χ2v) is 5.77. The van der Waals surface area contributed by atoms with Crippen LogP contribution in [-0.4, -0.2) is 37.7 Å². The third kappa shape index (κ3) is 4.81. The van der Waals surface area contributed by atoms with Crippen LogP contribution in [0.2, 0.25) is 0 Å². The van der Waals surface area contributed by atoms with E-state index in [1.807, 2.05) is 0 Å². The highest BCUT2D eigenvalue weighted by Crippen LogP contribution is 2.30. The number of alkyl halides is 2. The zero-order chi connectivity index (χ0) is 19.2. The summed E-state index contributed by atoms with van der Waals surface area (Å²) >= 11 is 0. The zero-order valence-electron chi connectivity index (χ0n) is 14.1. The van der Waals surface area contributed by atoms with Gasteiger partial charge in [0, 0.05) is 0 Å². The van der Waals surface area contributed by atoms with Crippen molar-refractivity contribution in [3.8, 4) is 17.6 Å². The van der Waals surface area contributed by atoms with Gasteiger partial charge in [-0.25, -0.2) is 4.79 Å². The number of amides is 1. The molecule has 0 bridgehead atoms. The summed E-state index contributed by atoms with van der Waals surface area (Å²) in [4.78, 5) is 24.0. The van der Waals surface area contributed by atoms with Crippen LogP contribution in [0.15, 0.2) is 18.2 Å². The minimum atomic E-state index is -3.03. The fraction of sp³-hybridized carbons (Fsp3) is 0.471. The lowest BCUT2D eigenvalue weighted by Gasteiger charge is -2.21. The van der Waals surface area contributed by atoms with Crippen LogP contribution >= 0.6 is 0 Å². The zero-order valence-corrected chi connectivity index (χ0v) is 14.1. The molecule has 1 saturated carbocycles. The van der Waals surface area contributed by atoms with Gasteiger partial charge < -0.3 is 19.5 Å². The first kappa shape index (κ1) is 19.4. The number of nitrogens with zero attached hydrogens (tertiary/aromatic N) is 1. The first-order valence-electron chi connectivity index (χ1n) is 7.91. The summed E-state index contributed by atoms with van der Waals surface area (Å²) in [5.41, 5.74) is -0.895. The van der Waals surface area contributed by atoms with Gasteiger partial charge in [0.2, 0.25) is 0 Å². The van der Waals surface area contributed by atoms with Gasteiger partial charge in [0.05, 0.1) is 18.7 Å². The fourth-order valence-corrected chi connectivity index (χ4v) is 2.75. The van der Waals surface area contributed by atoms with Crippen LogP contribution in [0.1, 0.15) is 36.0 Å². The summed E-state index contributed by atoms with van der Waals surface area (Å²) in [6.07, 6.45) is 2.82. The number of esters is 1. The summed E-state index contributed by atoms with van der Waals surface area (Å²) in [6.45, 7) is -3.59. The van der Waals surface area contributed by atoms with E-state index in [2.05, 4.69) is 16.1 Å². The Morgan fingerprint density at radius 1 is 1.31 bits per heavy atom. The van der Waals surface area contributed by atoms with Crippen molar-refractivity contribution in [2.75, 3.05) is 13.7 Å². The topological polar surface area (TPSA) is 97.6 Å². The Balaban J connectivity index is 1.95. The number of carbonyl (C=O) groups is 2. The van der Waals surface area contributed by atoms with Crippen LogP contribution < -0.4 is 14.8 Å². The molecule has 7 nitrogen and oxygen atoms in total. The van der Waals surface area contributed by atoms with Crippen LogP contribution in [0.4, 0.5) is 8.78 Å². The number of halogens is 2. The van der Waals surface area contributed by atoms with Crippen LogP contribution in [0.5, 0.6) is 11.5 Å². The summed E-state index contributed by atoms with van der Waals surface area (Å²) < 4.78 is 38.7. The van der Waals surface area contributed by atoms with Gasteiger partial charge in [-0.15, -0.1) is 0 Å². The van der Waals surface area contributed by atoms with E-state index in [1.165, 1.54) is 19.2 Å². The predicted molar refractivity (Wildman–Crippen MR) is 84.9 cm³/mol. The van der Waals surface area contributed by atoms with Gasteiger partial charge in [-0.05, 0) is 43.9 Å². The number of methoxy groups -OCH3 is 1. The molecule has 1 aliphatic carbocycles. The number of benzene rings is 1. The third-order valence-corrected chi connectivity index (χ3v) is 4.00. The molecule has 0 saturated heterocycles. The summed E-state index contributed by atoms with van der Waals surface area (Å²) in [6, 6.07) is 5.63. The molecule has 0 unspecified atom stereocenters. The van der Waals surface area contributed by atoms with Crippen molar-refractivity contribution in [2.45, 2.75) is 37.8 Å². The Bertz CT molecular complexity index is 712. The first-order valence-corrected chi connectivity index (χ1v) is 7.91. The quantitative estimate of drug-likeness (QED) is 0.742. The van der Waals surface area contributed by atoms with Crippen molar-refractivity contribution in [1.29, 1.82) is 5.26 Å². The molecular weight excluding hydrogens is 350 g/mol. The summed E-state index contributed by atoms with van der Waals surface area (Å²) in [7, 11) is 1.24. The maximum absolute atomic E-state index is 12.3. The molecule has 1 N–H and O–H groups in total. The van der Waals surface area contributed by atoms with E-state index in [9.17, 15) is 23.6 Å². The van der Waals surface area contributed by atoms with Gasteiger partial charge in [0.15, 0.2) is 18.1 Å². The Morgan fingerprint density at radius 3 is 2.58 bits per heavy atom. The Morgan fingerprint density at radius 2 is 2.00 bits per heavy atom. The smallest absolute Gasteiger partial charge is 0.387 e. The molecule has 2 rings (SSSR count). The third-order valence-electron chi connectivity index (χ3n) is 4.00. The normalized spacial score (nSPS) is 15.2. The molecule has 26 heavy (non-hydrogen) atoms. The Kier molecular flexibility index (Phi) is 6.33. The number of hydrogen-bond acceptors (Lipinski definition) is 6. The van der Waals surface area contributed by atoms with E-state index in [1.54, 1.807) is 0 Å². The molecule has 0 radical (unpaired) electrons. The molecule has 1 aromatic carbocycles. The fourth-order valence-electron chi connectivity index (χ4n) is 2.75. The molecule has 1 aromatic rings. The number of hydrogen-bond donors (Lipinski definition) is 1. The number of ether oxygens (including phenoxy) is 3. The van der Waals surface area contributed by atoms with Crippen LogP contribution in [0, 0.1) is 11.3 Å². The van der Waals surface area contributed by atoms with Crippen molar-refractivity contribution in [2.24, 2.45) is 0 Å². The van der Waals surface area contributed by atoms with Crippen molar-refractivity contribution < 1.29 is 32.6 Å². The molecule has 9 heteroatoms. The van der Waals surface area contributed by atoms with Crippen molar-refractivity contribution in [1.82, 2.24) is 5.32 Å². The SMILES string of the molecule is COc1cc(C(=O)OCC(=O)NC2(C#N)CCCC2)ccc1OC(F)F. The lowest BCUT2D eigenvalue weighted by atomic mass is 10.00. The average Bonchev–Trinajstić information content (AvgIpc) is 3.08. The second-order valence-electron chi connectivity index (χ2n) is 5.77. The van der Waals surface area contributed by atoms with E-state index in [-0.39, 0.29) is 17.1 Å². The standard InChI is InChI=1S/C17H18F2N2O5/c1-24-13-8-11(4-5-12(13)26-16(18)19)15(23)25-9-14(22)21-17(10-20)6-2-3-7-17/h4-5,8,16H,2-3,6-7,9H2,1H3,(H,21,22). The summed E-state index contributed by atoms with van der Waals surface area (Å²) in [5, 5.41) is 11.8. The molecular formula is C17H18F2N2O5. The van der Waals surface area contributed by atoms with E-state index < -0.39 is 30.6 Å². The molecule has 1 amide bonds. The highest BCUT2D eigenvalue weighted by molar-refractivity contribution is 5.92. The van der Waals surface area contributed by atoms with Crippen LogP contribution in [-0.2, 0) is 9.53 Å². The lowest BCUT2D eigenvalue weighted by Crippen LogP contribution is -2.46. The average molecular weight is 368 g/mol. The Labute approximate surface area is 148 Å². The van der Waals surface area contributed by atoms with Crippen LogP contribution in [0.3, 0.4) is 0 Å². The van der Waals surface area contributed by atoms with Gasteiger partial charge in [0.1, 0.15) is 5.54 Å². The number of nitrogens with one attached hydrogen (secondary N) is 1. The largest absolute Gasteiger partial charge is 0.493 e. The number of nitriles is 1. The number of carbonyl (C=O) groups excluding carboxylic acids is 2. The second kappa shape index (κ2) is 8.47. The van der Waals surface area contributed by atoms with Crippen LogP contribution in [0.25, 0.3) is 0 Å². The molecule has 1 fully saturated rings. The van der Waals surface area contributed by atoms with E-state index in [0.29, 0.717) is 12.8 Å². The molecule has 0 aromatic heterocycles. The Hall–Kier alpha value is -2.89. The lowest BCUT2D eigenvalue weighted by molar-refractivity contribution is -0.125. The predicted octanol–water partition coefficient (Wildman–Crippen LogP) is 2.41. The highest BCUT2D eigenvalue weighted by Gasteiger charge is 2.35. The minimum Gasteiger partial charge on any atom is -0.493 e. The molecule has 0 spiro atoms. The van der Waals surface area contributed by atoms with Gasteiger partial charge in [-0.2, -0.15) is 14.0 Å². The van der Waals surface area contributed by atoms with E-state index >= 15 is 0 Å². The minimum absolute atomic E-state index is 0.00660. The summed E-state index contributed by atoms with van der Waals surface area (Å²) in [5.74, 6) is -1.71. The monoisotopic (exact) mass is 368 g/mol. The first-order chi connectivity index (χ1) is 12.4. The molecule has 1 aliphatic rings. The van der Waals surface area contributed by atoms with Gasteiger partial charge >= 0.3 is 12.6 Å². The number of rotatable bonds is 7. The van der Waals surface area contributed by atoms with Gasteiger partial charge in [-0.3, -0.25) is 4.79 Å². The molecule has 0 heterocycles. The van der Waals surface area contributed by atoms with Crippen molar-refractivity contribution in [3.63, 3.8) is 0 Å². The van der Waals surface area contributed by atoms with E-state index in [0.717, 1.165) is 18.9 Å². The van der Waals surface area contributed by atoms with Crippen molar-refractivity contribution >= 4 is 11.9 Å². The maximum Gasteiger partial charge on any atom is 0.387 e.